The molecule has 0 N–H and O–H groups in total. The molecule has 7 heteroatoms. The van der Waals surface area contributed by atoms with Crippen molar-refractivity contribution in [2.45, 2.75) is 26.1 Å². The van der Waals surface area contributed by atoms with Gasteiger partial charge in [-0.05, 0) is 24.6 Å². The van der Waals surface area contributed by atoms with Gasteiger partial charge in [0, 0.05) is 30.3 Å². The van der Waals surface area contributed by atoms with E-state index in [1.165, 1.54) is 4.90 Å². The lowest BCUT2D eigenvalue weighted by Gasteiger charge is -2.22. The Morgan fingerprint density at radius 1 is 1.07 bits per heavy atom. The molecule has 3 aromatic rings. The molecule has 1 aliphatic rings. The van der Waals surface area contributed by atoms with Gasteiger partial charge in [-0.3, -0.25) is 14.5 Å². The molecule has 1 saturated heterocycles. The maximum atomic E-state index is 12.2. The van der Waals surface area contributed by atoms with E-state index in [4.69, 9.17) is 9.15 Å². The zero-order valence-electron chi connectivity index (χ0n) is 15.9. The number of aryl methyl sites for hydroxylation is 1. The minimum absolute atomic E-state index is 0.261. The zero-order valence-corrected chi connectivity index (χ0v) is 16.7. The molecule has 0 radical (unpaired) electrons. The fourth-order valence-electron chi connectivity index (χ4n) is 3.14. The first-order chi connectivity index (χ1) is 14.1. The van der Waals surface area contributed by atoms with E-state index in [2.05, 4.69) is 4.98 Å². The number of hydrogen-bond acceptors (Lipinski definition) is 6. The molecule has 2 heterocycles. The van der Waals surface area contributed by atoms with E-state index in [0.29, 0.717) is 30.6 Å². The van der Waals surface area contributed by atoms with Crippen LogP contribution in [0.4, 0.5) is 4.79 Å². The molecule has 4 rings (SSSR count). The number of thioether (sulfide) groups is 1. The number of amides is 1. The fraction of sp³-hybridized carbons (Fsp3) is 0.227. The second-order valence-corrected chi connectivity index (χ2v) is 7.62. The highest BCUT2D eigenvalue weighted by Crippen LogP contribution is 2.28. The summed E-state index contributed by atoms with van der Waals surface area (Å²) in [6.07, 6.45) is -0.391. The molecule has 1 unspecified atom stereocenters. The Hall–Kier alpha value is -2.90. The number of carbonyl (C=O) groups excluding carboxylic acids is 2. The molecule has 2 aromatic carbocycles. The molecule has 0 saturated carbocycles. The summed E-state index contributed by atoms with van der Waals surface area (Å²) in [6.45, 7) is 2.46. The SMILES string of the molecule is Cc1oc(-c2ccccc2)nc1CCOC1C(=O)SC(=O)N1Cc1ccccc1. The molecule has 148 valence electrons. The Labute approximate surface area is 172 Å². The third kappa shape index (κ3) is 4.41. The number of benzene rings is 2. The normalized spacial score (nSPS) is 16.6. The predicted octanol–water partition coefficient (Wildman–Crippen LogP) is 4.43. The lowest BCUT2D eigenvalue weighted by Crippen LogP contribution is -2.37. The van der Waals surface area contributed by atoms with E-state index in [1.54, 1.807) is 0 Å². The van der Waals surface area contributed by atoms with Crippen LogP contribution in [0.3, 0.4) is 0 Å². The van der Waals surface area contributed by atoms with E-state index in [1.807, 2.05) is 67.6 Å². The number of oxazole rings is 1. The Morgan fingerprint density at radius 2 is 1.76 bits per heavy atom. The second kappa shape index (κ2) is 8.63. The number of ether oxygens (including phenoxy) is 1. The molecular formula is C22H20N2O4S. The Bertz CT molecular complexity index is 1000. The summed E-state index contributed by atoms with van der Waals surface area (Å²) in [4.78, 5) is 30.4. The van der Waals surface area contributed by atoms with E-state index in [9.17, 15) is 9.59 Å². The van der Waals surface area contributed by atoms with Crippen LogP contribution in [0.5, 0.6) is 0 Å². The molecule has 0 bridgehead atoms. The Morgan fingerprint density at radius 3 is 2.48 bits per heavy atom. The molecule has 0 aliphatic carbocycles. The molecular weight excluding hydrogens is 388 g/mol. The van der Waals surface area contributed by atoms with Crippen molar-refractivity contribution < 1.29 is 18.7 Å². The van der Waals surface area contributed by atoms with Gasteiger partial charge in [0.05, 0.1) is 12.3 Å². The van der Waals surface area contributed by atoms with Gasteiger partial charge in [0.25, 0.3) is 5.24 Å². The smallest absolute Gasteiger partial charge is 0.292 e. The van der Waals surface area contributed by atoms with Gasteiger partial charge in [0.1, 0.15) is 5.76 Å². The number of hydrogen-bond donors (Lipinski definition) is 0. The molecule has 1 aromatic heterocycles. The van der Waals surface area contributed by atoms with Crippen LogP contribution in [0.1, 0.15) is 17.0 Å². The highest BCUT2D eigenvalue weighted by Gasteiger charge is 2.40. The summed E-state index contributed by atoms with van der Waals surface area (Å²) >= 11 is 0.696. The van der Waals surface area contributed by atoms with Gasteiger partial charge in [-0.1, -0.05) is 48.5 Å². The number of carbonyl (C=O) groups is 2. The summed E-state index contributed by atoms with van der Waals surface area (Å²) in [5.74, 6) is 1.28. The van der Waals surface area contributed by atoms with E-state index >= 15 is 0 Å². The largest absolute Gasteiger partial charge is 0.441 e. The van der Waals surface area contributed by atoms with E-state index in [0.717, 1.165) is 22.6 Å². The summed E-state index contributed by atoms with van der Waals surface area (Å²) in [7, 11) is 0. The zero-order chi connectivity index (χ0) is 20.2. The van der Waals surface area contributed by atoms with Gasteiger partial charge in [0.15, 0.2) is 0 Å². The summed E-state index contributed by atoms with van der Waals surface area (Å²) in [6, 6.07) is 19.2. The van der Waals surface area contributed by atoms with Gasteiger partial charge in [-0.2, -0.15) is 0 Å². The van der Waals surface area contributed by atoms with Gasteiger partial charge < -0.3 is 9.15 Å². The van der Waals surface area contributed by atoms with Crippen LogP contribution in [0.2, 0.25) is 0 Å². The van der Waals surface area contributed by atoms with Crippen molar-refractivity contribution in [3.8, 4) is 11.5 Å². The maximum absolute atomic E-state index is 12.2. The lowest BCUT2D eigenvalue weighted by molar-refractivity contribution is -0.129. The van der Waals surface area contributed by atoms with Crippen LogP contribution >= 0.6 is 11.8 Å². The Balaban J connectivity index is 1.40. The first kappa shape index (κ1) is 19.4. The average molecular weight is 408 g/mol. The van der Waals surface area contributed by atoms with Crippen LogP contribution in [0, 0.1) is 6.92 Å². The third-order valence-corrected chi connectivity index (χ3v) is 5.44. The van der Waals surface area contributed by atoms with Crippen molar-refractivity contribution in [1.29, 1.82) is 0 Å². The third-order valence-electron chi connectivity index (χ3n) is 4.63. The quantitative estimate of drug-likeness (QED) is 0.576. The highest BCUT2D eigenvalue weighted by molar-refractivity contribution is 8.26. The summed E-state index contributed by atoms with van der Waals surface area (Å²) in [5.41, 5.74) is 2.64. The topological polar surface area (TPSA) is 72.6 Å². The van der Waals surface area contributed by atoms with Crippen molar-refractivity contribution in [2.24, 2.45) is 0 Å². The fourth-order valence-corrected chi connectivity index (χ4v) is 3.88. The lowest BCUT2D eigenvalue weighted by atomic mass is 10.2. The standard InChI is InChI=1S/C22H20N2O4S/c1-15-18(23-19(28-15)17-10-6-3-7-11-17)12-13-27-20-21(25)29-22(26)24(20)14-16-8-4-2-5-9-16/h2-11,20H,12-14H2,1H3. The van der Waals surface area contributed by atoms with Crippen LogP contribution in [0.25, 0.3) is 11.5 Å². The molecule has 1 amide bonds. The molecule has 29 heavy (non-hydrogen) atoms. The molecule has 0 spiro atoms. The van der Waals surface area contributed by atoms with Crippen LogP contribution in [-0.2, 0) is 22.5 Å². The van der Waals surface area contributed by atoms with Crippen molar-refractivity contribution in [1.82, 2.24) is 9.88 Å². The first-order valence-corrected chi connectivity index (χ1v) is 10.1. The average Bonchev–Trinajstić information content (AvgIpc) is 3.23. The highest BCUT2D eigenvalue weighted by atomic mass is 32.2. The minimum atomic E-state index is -0.881. The van der Waals surface area contributed by atoms with Crippen LogP contribution in [-0.4, -0.2) is 33.1 Å². The van der Waals surface area contributed by atoms with Gasteiger partial charge in [-0.15, -0.1) is 0 Å². The van der Waals surface area contributed by atoms with Crippen molar-refractivity contribution in [3.05, 3.63) is 77.7 Å². The summed E-state index contributed by atoms with van der Waals surface area (Å²) in [5, 5.41) is -0.569. The second-order valence-electron chi connectivity index (χ2n) is 6.66. The van der Waals surface area contributed by atoms with Crippen molar-refractivity contribution in [3.63, 3.8) is 0 Å². The van der Waals surface area contributed by atoms with Gasteiger partial charge >= 0.3 is 0 Å². The van der Waals surface area contributed by atoms with Crippen LogP contribution in [0.15, 0.2) is 65.1 Å². The van der Waals surface area contributed by atoms with Crippen molar-refractivity contribution in [2.75, 3.05) is 6.61 Å². The van der Waals surface area contributed by atoms with Gasteiger partial charge in [-0.25, -0.2) is 4.98 Å². The van der Waals surface area contributed by atoms with Crippen molar-refractivity contribution >= 4 is 22.1 Å². The summed E-state index contributed by atoms with van der Waals surface area (Å²) < 4.78 is 11.6. The van der Waals surface area contributed by atoms with Gasteiger partial charge in [0.2, 0.25) is 17.2 Å². The number of aromatic nitrogens is 1. The molecule has 6 nitrogen and oxygen atoms in total. The monoisotopic (exact) mass is 408 g/mol. The Kier molecular flexibility index (Phi) is 5.78. The number of nitrogens with zero attached hydrogens (tertiary/aromatic N) is 2. The minimum Gasteiger partial charge on any atom is -0.441 e. The van der Waals surface area contributed by atoms with E-state index < -0.39 is 6.23 Å². The maximum Gasteiger partial charge on any atom is 0.292 e. The molecule has 1 atom stereocenters. The van der Waals surface area contributed by atoms with Crippen LogP contribution < -0.4 is 0 Å². The van der Waals surface area contributed by atoms with E-state index in [-0.39, 0.29) is 17.0 Å². The molecule has 1 aliphatic heterocycles. The molecule has 1 fully saturated rings. The number of rotatable bonds is 7. The first-order valence-electron chi connectivity index (χ1n) is 9.31. The predicted molar refractivity (Wildman–Crippen MR) is 110 cm³/mol.